The van der Waals surface area contributed by atoms with Crippen molar-refractivity contribution in [3.8, 4) is 11.5 Å². The molecule has 0 aromatic carbocycles. The van der Waals surface area contributed by atoms with Gasteiger partial charge in [-0.15, -0.1) is 0 Å². The third kappa shape index (κ3) is 3.43. The van der Waals surface area contributed by atoms with Gasteiger partial charge in [0.1, 0.15) is 17.1 Å². The number of pyridine rings is 2. The summed E-state index contributed by atoms with van der Waals surface area (Å²) in [5.41, 5.74) is 0.0461. The van der Waals surface area contributed by atoms with Gasteiger partial charge in [0.25, 0.3) is 6.43 Å². The minimum Gasteiger partial charge on any atom is -0.455 e. The number of nitrogens with one attached hydrogen (secondary N) is 1. The number of carbonyl (C=O) groups is 1. The first-order valence-electron chi connectivity index (χ1n) is 7.07. The third-order valence-corrected chi connectivity index (χ3v) is 4.04. The van der Waals surface area contributed by atoms with Crippen LogP contribution in [-0.2, 0) is 11.8 Å². The summed E-state index contributed by atoms with van der Waals surface area (Å²) >= 11 is 3.19. The molecule has 0 radical (unpaired) electrons. The van der Waals surface area contributed by atoms with E-state index < -0.39 is 6.43 Å². The smallest absolute Gasteiger partial charge is 0.269 e. The van der Waals surface area contributed by atoms with Gasteiger partial charge in [-0.25, -0.2) is 23.7 Å². The Morgan fingerprint density at radius 1 is 1.40 bits per heavy atom. The Balaban J connectivity index is 2.06. The summed E-state index contributed by atoms with van der Waals surface area (Å²) in [7, 11) is 1.60. The van der Waals surface area contributed by atoms with E-state index in [0.29, 0.717) is 4.73 Å². The molecule has 3 heterocycles. The second kappa shape index (κ2) is 6.71. The molecule has 25 heavy (non-hydrogen) atoms. The molecule has 3 aromatic rings. The van der Waals surface area contributed by atoms with Crippen LogP contribution >= 0.6 is 15.9 Å². The van der Waals surface area contributed by atoms with Crippen LogP contribution in [0.15, 0.2) is 29.3 Å². The maximum absolute atomic E-state index is 13.7. The van der Waals surface area contributed by atoms with E-state index >= 15 is 0 Å². The lowest BCUT2D eigenvalue weighted by atomic mass is 10.2. The standard InChI is InChI=1S/C15H12BrF2N5O2/c1-7(24)21-10-5-8(3-4-19-10)25-9-6-20-14-12(11(9)13(17)18)23(2)15(16)22-14/h3-6,13H,1-2H3,(H,19,21,24). The van der Waals surface area contributed by atoms with E-state index in [4.69, 9.17) is 4.74 Å². The summed E-state index contributed by atoms with van der Waals surface area (Å²) in [5.74, 6) is 0.0858. The molecule has 0 aliphatic heterocycles. The molecule has 0 atom stereocenters. The van der Waals surface area contributed by atoms with Gasteiger partial charge in [0.05, 0.1) is 11.8 Å². The van der Waals surface area contributed by atoms with Crippen molar-refractivity contribution in [2.45, 2.75) is 13.3 Å². The molecule has 10 heteroatoms. The Morgan fingerprint density at radius 3 is 2.84 bits per heavy atom. The van der Waals surface area contributed by atoms with E-state index in [1.54, 1.807) is 7.05 Å². The molecule has 0 fully saturated rings. The average molecular weight is 412 g/mol. The fourth-order valence-corrected chi connectivity index (χ4v) is 2.64. The van der Waals surface area contributed by atoms with Crippen molar-refractivity contribution in [2.24, 2.45) is 7.05 Å². The van der Waals surface area contributed by atoms with Gasteiger partial charge in [-0.1, -0.05) is 0 Å². The van der Waals surface area contributed by atoms with Gasteiger partial charge >= 0.3 is 0 Å². The van der Waals surface area contributed by atoms with E-state index in [1.165, 1.54) is 36.0 Å². The lowest BCUT2D eigenvalue weighted by Crippen LogP contribution is -2.07. The topological polar surface area (TPSA) is 81.9 Å². The molecule has 3 rings (SSSR count). The summed E-state index contributed by atoms with van der Waals surface area (Å²) in [6, 6.07) is 2.92. The molecule has 1 N–H and O–H groups in total. The number of halogens is 3. The van der Waals surface area contributed by atoms with E-state index in [1.807, 2.05) is 0 Å². The van der Waals surface area contributed by atoms with Crippen LogP contribution in [0, 0.1) is 0 Å². The van der Waals surface area contributed by atoms with E-state index in [2.05, 4.69) is 36.2 Å². The Hall–Kier alpha value is -2.62. The first kappa shape index (κ1) is 17.2. The Labute approximate surface area is 149 Å². The molecule has 130 valence electrons. The summed E-state index contributed by atoms with van der Waals surface area (Å²) < 4.78 is 34.8. The zero-order chi connectivity index (χ0) is 18.1. The fraction of sp³-hybridized carbons (Fsp3) is 0.200. The van der Waals surface area contributed by atoms with E-state index in [-0.39, 0.29) is 40.0 Å². The zero-order valence-corrected chi connectivity index (χ0v) is 14.7. The number of aryl methyl sites for hydroxylation is 1. The van der Waals surface area contributed by atoms with Crippen LogP contribution in [0.4, 0.5) is 14.6 Å². The van der Waals surface area contributed by atoms with Gasteiger partial charge in [-0.3, -0.25) is 4.79 Å². The quantitative estimate of drug-likeness (QED) is 0.705. The largest absolute Gasteiger partial charge is 0.455 e. The molecule has 0 saturated carbocycles. The monoisotopic (exact) mass is 411 g/mol. The normalized spacial score (nSPS) is 11.1. The third-order valence-electron chi connectivity index (χ3n) is 3.33. The second-order valence-corrected chi connectivity index (χ2v) is 5.82. The van der Waals surface area contributed by atoms with Gasteiger partial charge in [0, 0.05) is 26.2 Å². The SMILES string of the molecule is CC(=O)Nc1cc(Oc2cnc3nc(Br)n(C)c3c2C(F)F)ccn1. The van der Waals surface area contributed by atoms with Crippen LogP contribution < -0.4 is 10.1 Å². The van der Waals surface area contributed by atoms with Crippen molar-refractivity contribution in [3.63, 3.8) is 0 Å². The number of rotatable bonds is 4. The Bertz CT molecular complexity index is 960. The van der Waals surface area contributed by atoms with Crippen LogP contribution in [0.3, 0.4) is 0 Å². The number of aromatic nitrogens is 4. The molecular weight excluding hydrogens is 400 g/mol. The van der Waals surface area contributed by atoms with Gasteiger partial charge in [0.2, 0.25) is 5.91 Å². The highest BCUT2D eigenvalue weighted by Gasteiger charge is 2.24. The zero-order valence-electron chi connectivity index (χ0n) is 13.1. The van der Waals surface area contributed by atoms with Crippen molar-refractivity contribution in [1.29, 1.82) is 0 Å². The molecule has 0 unspecified atom stereocenters. The van der Waals surface area contributed by atoms with E-state index in [0.717, 1.165) is 0 Å². The summed E-state index contributed by atoms with van der Waals surface area (Å²) in [6.07, 6.45) is -0.198. The lowest BCUT2D eigenvalue weighted by molar-refractivity contribution is -0.114. The van der Waals surface area contributed by atoms with Gasteiger partial charge in [-0.2, -0.15) is 0 Å². The lowest BCUT2D eigenvalue weighted by Gasteiger charge is -2.12. The van der Waals surface area contributed by atoms with Gasteiger partial charge < -0.3 is 14.6 Å². The van der Waals surface area contributed by atoms with Crippen LogP contribution in [0.1, 0.15) is 18.9 Å². The number of anilines is 1. The summed E-state index contributed by atoms with van der Waals surface area (Å²) in [4.78, 5) is 23.2. The molecule has 0 bridgehead atoms. The highest BCUT2D eigenvalue weighted by Crippen LogP contribution is 2.37. The fourth-order valence-electron chi connectivity index (χ4n) is 2.30. The molecule has 0 spiro atoms. The highest BCUT2D eigenvalue weighted by atomic mass is 79.9. The minimum atomic E-state index is -2.79. The number of amides is 1. The number of imidazole rings is 1. The number of carbonyl (C=O) groups excluding carboxylic acids is 1. The van der Waals surface area contributed by atoms with E-state index in [9.17, 15) is 13.6 Å². The number of nitrogens with zero attached hydrogens (tertiary/aromatic N) is 4. The first-order valence-corrected chi connectivity index (χ1v) is 7.86. The van der Waals surface area contributed by atoms with Crippen molar-refractivity contribution in [2.75, 3.05) is 5.32 Å². The van der Waals surface area contributed by atoms with Crippen LogP contribution in [0.25, 0.3) is 11.2 Å². The van der Waals surface area contributed by atoms with Crippen molar-refractivity contribution < 1.29 is 18.3 Å². The number of fused-ring (bicyclic) bond motifs is 1. The molecule has 7 nitrogen and oxygen atoms in total. The summed E-state index contributed by atoms with van der Waals surface area (Å²) in [5, 5.41) is 2.50. The Morgan fingerprint density at radius 2 is 2.16 bits per heavy atom. The van der Waals surface area contributed by atoms with Crippen molar-refractivity contribution in [3.05, 3.63) is 34.8 Å². The number of alkyl halides is 2. The average Bonchev–Trinajstić information content (AvgIpc) is 2.82. The molecular formula is C15H12BrF2N5O2. The molecule has 0 aliphatic rings. The number of ether oxygens (including phenoxy) is 1. The van der Waals surface area contributed by atoms with Crippen LogP contribution in [-0.4, -0.2) is 25.4 Å². The van der Waals surface area contributed by atoms with Crippen molar-refractivity contribution in [1.82, 2.24) is 19.5 Å². The second-order valence-electron chi connectivity index (χ2n) is 5.11. The highest BCUT2D eigenvalue weighted by molar-refractivity contribution is 9.10. The predicted molar refractivity (Wildman–Crippen MR) is 89.8 cm³/mol. The van der Waals surface area contributed by atoms with Crippen molar-refractivity contribution >= 4 is 38.8 Å². The first-order chi connectivity index (χ1) is 11.9. The molecule has 0 aliphatic carbocycles. The van der Waals surface area contributed by atoms with Crippen LogP contribution in [0.5, 0.6) is 11.5 Å². The van der Waals surface area contributed by atoms with Gasteiger partial charge in [0.15, 0.2) is 16.1 Å². The predicted octanol–water partition coefficient (Wildman–Crippen LogP) is 3.81. The van der Waals surface area contributed by atoms with Gasteiger partial charge in [-0.05, 0) is 22.0 Å². The molecule has 1 amide bonds. The minimum absolute atomic E-state index is 0.0991. The summed E-state index contributed by atoms with van der Waals surface area (Å²) in [6.45, 7) is 1.34. The number of hydrogen-bond acceptors (Lipinski definition) is 5. The number of hydrogen-bond donors (Lipinski definition) is 1. The Kier molecular flexibility index (Phi) is 4.62. The maximum Gasteiger partial charge on any atom is 0.269 e. The molecule has 3 aromatic heterocycles. The van der Waals surface area contributed by atoms with Crippen LogP contribution in [0.2, 0.25) is 0 Å². The maximum atomic E-state index is 13.7. The molecule has 0 saturated heterocycles.